The van der Waals surface area contributed by atoms with Crippen LogP contribution in [-0.4, -0.2) is 22.7 Å². The lowest BCUT2D eigenvalue weighted by atomic mass is 10.0. The number of aliphatic hydroxyl groups is 1. The van der Waals surface area contributed by atoms with Gasteiger partial charge in [-0.3, -0.25) is 10.1 Å². The van der Waals surface area contributed by atoms with Gasteiger partial charge in [-0.25, -0.2) is 0 Å². The lowest BCUT2D eigenvalue weighted by Crippen LogP contribution is -2.27. The fourth-order valence-electron chi connectivity index (χ4n) is 2.65. The Kier molecular flexibility index (Phi) is 4.36. The second kappa shape index (κ2) is 5.88. The number of halogens is 3. The first-order valence-electron chi connectivity index (χ1n) is 6.56. The number of anilines is 1. The second-order valence-corrected chi connectivity index (χ2v) is 5.11. The number of nitrogens with one attached hydrogen (secondary N) is 1. The molecular formula is C13H15F3N2O3. The third-order valence-electron chi connectivity index (χ3n) is 3.75. The standard InChI is InChI=1S/C13H15F3N2O3/c14-13(15,16)10-6-9(18(20)21)4-5-12(10)17-11-3-1-2-8(11)7-19/h4-6,8,11,17,19H,1-3,7H2. The van der Waals surface area contributed by atoms with Crippen molar-refractivity contribution < 1.29 is 23.2 Å². The first kappa shape index (κ1) is 15.6. The van der Waals surface area contributed by atoms with Crippen LogP contribution in [0.25, 0.3) is 0 Å². The minimum atomic E-state index is -4.68. The molecule has 1 aliphatic carbocycles. The molecule has 5 nitrogen and oxygen atoms in total. The van der Waals surface area contributed by atoms with Crippen LogP contribution in [0.1, 0.15) is 24.8 Å². The average Bonchev–Trinajstić information content (AvgIpc) is 2.85. The Morgan fingerprint density at radius 2 is 2.10 bits per heavy atom. The van der Waals surface area contributed by atoms with E-state index in [4.69, 9.17) is 0 Å². The highest BCUT2D eigenvalue weighted by molar-refractivity contribution is 5.58. The molecule has 0 heterocycles. The van der Waals surface area contributed by atoms with Crippen molar-refractivity contribution in [3.63, 3.8) is 0 Å². The van der Waals surface area contributed by atoms with Crippen molar-refractivity contribution in [1.82, 2.24) is 0 Å². The van der Waals surface area contributed by atoms with Crippen LogP contribution in [0.4, 0.5) is 24.5 Å². The number of nitrogens with zero attached hydrogens (tertiary/aromatic N) is 1. The van der Waals surface area contributed by atoms with Gasteiger partial charge in [0.15, 0.2) is 0 Å². The molecule has 2 unspecified atom stereocenters. The third-order valence-corrected chi connectivity index (χ3v) is 3.75. The average molecular weight is 304 g/mol. The minimum Gasteiger partial charge on any atom is -0.396 e. The first-order chi connectivity index (χ1) is 9.82. The normalized spacial score (nSPS) is 22.3. The van der Waals surface area contributed by atoms with E-state index in [1.165, 1.54) is 0 Å². The van der Waals surface area contributed by atoms with Gasteiger partial charge < -0.3 is 10.4 Å². The molecule has 0 aliphatic heterocycles. The van der Waals surface area contributed by atoms with E-state index in [9.17, 15) is 28.4 Å². The molecule has 1 aliphatic rings. The zero-order chi connectivity index (χ0) is 15.6. The molecule has 2 rings (SSSR count). The highest BCUT2D eigenvalue weighted by Crippen LogP contribution is 2.39. The molecule has 116 valence electrons. The predicted octanol–water partition coefficient (Wildman–Crippen LogP) is 3.19. The van der Waals surface area contributed by atoms with E-state index in [2.05, 4.69) is 5.32 Å². The molecule has 8 heteroatoms. The number of non-ortho nitro benzene ring substituents is 1. The second-order valence-electron chi connectivity index (χ2n) is 5.11. The number of hydrogen-bond donors (Lipinski definition) is 2. The maximum atomic E-state index is 13.0. The maximum Gasteiger partial charge on any atom is 0.418 e. The van der Waals surface area contributed by atoms with E-state index < -0.39 is 22.4 Å². The summed E-state index contributed by atoms with van der Waals surface area (Å²) < 4.78 is 39.1. The molecule has 0 radical (unpaired) electrons. The van der Waals surface area contributed by atoms with Crippen molar-refractivity contribution in [2.75, 3.05) is 11.9 Å². The van der Waals surface area contributed by atoms with Gasteiger partial charge in [-0.15, -0.1) is 0 Å². The Balaban J connectivity index is 2.32. The highest BCUT2D eigenvalue weighted by atomic mass is 19.4. The zero-order valence-electron chi connectivity index (χ0n) is 11.1. The van der Waals surface area contributed by atoms with Gasteiger partial charge in [0.25, 0.3) is 5.69 Å². The fraction of sp³-hybridized carbons (Fsp3) is 0.538. The smallest absolute Gasteiger partial charge is 0.396 e. The Hall–Kier alpha value is -1.83. The van der Waals surface area contributed by atoms with Crippen LogP contribution in [0.3, 0.4) is 0 Å². The molecule has 1 aromatic carbocycles. The topological polar surface area (TPSA) is 75.4 Å². The van der Waals surface area contributed by atoms with Gasteiger partial charge in [-0.05, 0) is 18.9 Å². The first-order valence-corrected chi connectivity index (χ1v) is 6.56. The van der Waals surface area contributed by atoms with Crippen LogP contribution in [-0.2, 0) is 6.18 Å². The quantitative estimate of drug-likeness (QED) is 0.661. The molecule has 0 spiro atoms. The van der Waals surface area contributed by atoms with E-state index in [0.717, 1.165) is 25.0 Å². The summed E-state index contributed by atoms with van der Waals surface area (Å²) in [5.41, 5.74) is -1.84. The van der Waals surface area contributed by atoms with Crippen LogP contribution in [0.2, 0.25) is 0 Å². The number of benzene rings is 1. The number of nitro groups is 1. The third kappa shape index (κ3) is 3.44. The van der Waals surface area contributed by atoms with Crippen LogP contribution >= 0.6 is 0 Å². The Bertz CT molecular complexity index is 534. The maximum absolute atomic E-state index is 13.0. The van der Waals surface area contributed by atoms with E-state index >= 15 is 0 Å². The van der Waals surface area contributed by atoms with Crippen LogP contribution in [0, 0.1) is 16.0 Å². The Morgan fingerprint density at radius 1 is 1.38 bits per heavy atom. The van der Waals surface area contributed by atoms with Gasteiger partial charge in [0.1, 0.15) is 0 Å². The molecule has 0 saturated heterocycles. The van der Waals surface area contributed by atoms with E-state index in [1.807, 2.05) is 0 Å². The number of nitro benzene ring substituents is 1. The van der Waals surface area contributed by atoms with Gasteiger partial charge >= 0.3 is 6.18 Å². The SMILES string of the molecule is O=[N+]([O-])c1ccc(NC2CCCC2CO)c(C(F)(F)F)c1. The number of aliphatic hydroxyl groups excluding tert-OH is 1. The Labute approximate surface area is 118 Å². The van der Waals surface area contributed by atoms with Crippen molar-refractivity contribution >= 4 is 11.4 Å². The predicted molar refractivity (Wildman–Crippen MR) is 69.9 cm³/mol. The van der Waals surface area contributed by atoms with Crippen LogP contribution < -0.4 is 5.32 Å². The van der Waals surface area contributed by atoms with E-state index in [0.29, 0.717) is 12.5 Å². The monoisotopic (exact) mass is 304 g/mol. The molecule has 1 fully saturated rings. The molecular weight excluding hydrogens is 289 g/mol. The number of rotatable bonds is 4. The Morgan fingerprint density at radius 3 is 2.67 bits per heavy atom. The van der Waals surface area contributed by atoms with Crippen LogP contribution in [0.5, 0.6) is 0 Å². The van der Waals surface area contributed by atoms with Gasteiger partial charge in [-0.1, -0.05) is 6.42 Å². The number of alkyl halides is 3. The van der Waals surface area contributed by atoms with Crippen LogP contribution in [0.15, 0.2) is 18.2 Å². The molecule has 2 atom stereocenters. The van der Waals surface area contributed by atoms with E-state index in [1.54, 1.807) is 0 Å². The van der Waals surface area contributed by atoms with Crippen molar-refractivity contribution in [3.05, 3.63) is 33.9 Å². The largest absolute Gasteiger partial charge is 0.418 e. The summed E-state index contributed by atoms with van der Waals surface area (Å²) in [6.45, 7) is -0.0913. The van der Waals surface area contributed by atoms with Crippen molar-refractivity contribution in [3.8, 4) is 0 Å². The summed E-state index contributed by atoms with van der Waals surface area (Å²) in [5, 5.41) is 22.6. The van der Waals surface area contributed by atoms with Crippen molar-refractivity contribution in [2.45, 2.75) is 31.5 Å². The summed E-state index contributed by atoms with van der Waals surface area (Å²) in [6, 6.07) is 2.40. The van der Waals surface area contributed by atoms with Gasteiger partial charge in [-0.2, -0.15) is 13.2 Å². The summed E-state index contributed by atoms with van der Waals surface area (Å²) >= 11 is 0. The lowest BCUT2D eigenvalue weighted by Gasteiger charge is -2.22. The zero-order valence-corrected chi connectivity index (χ0v) is 11.1. The van der Waals surface area contributed by atoms with Gasteiger partial charge in [0.2, 0.25) is 0 Å². The number of hydrogen-bond acceptors (Lipinski definition) is 4. The molecule has 2 N–H and O–H groups in total. The van der Waals surface area contributed by atoms with Gasteiger partial charge in [0.05, 0.1) is 10.5 Å². The summed E-state index contributed by atoms with van der Waals surface area (Å²) in [4.78, 5) is 9.76. The summed E-state index contributed by atoms with van der Waals surface area (Å²) in [6.07, 6.45) is -2.43. The van der Waals surface area contributed by atoms with Gasteiger partial charge in [0, 0.05) is 36.4 Å². The fourth-order valence-corrected chi connectivity index (χ4v) is 2.65. The van der Waals surface area contributed by atoms with Crippen molar-refractivity contribution in [1.29, 1.82) is 0 Å². The molecule has 21 heavy (non-hydrogen) atoms. The molecule has 1 saturated carbocycles. The summed E-state index contributed by atoms with van der Waals surface area (Å²) in [5.74, 6) is -0.0960. The molecule has 0 bridgehead atoms. The minimum absolute atomic E-state index is 0.0913. The summed E-state index contributed by atoms with van der Waals surface area (Å²) in [7, 11) is 0. The highest BCUT2D eigenvalue weighted by Gasteiger charge is 2.36. The van der Waals surface area contributed by atoms with Crippen molar-refractivity contribution in [2.24, 2.45) is 5.92 Å². The lowest BCUT2D eigenvalue weighted by molar-refractivity contribution is -0.385. The molecule has 0 aromatic heterocycles. The molecule has 0 amide bonds. The molecule has 1 aromatic rings. The van der Waals surface area contributed by atoms with E-state index in [-0.39, 0.29) is 24.3 Å².